The smallest absolute Gasteiger partial charge is 0.107 e. The molecule has 90 valence electrons. The monoisotopic (exact) mass is 321 g/mol. The van der Waals surface area contributed by atoms with Crippen LogP contribution in [-0.4, -0.2) is 0 Å². The van der Waals surface area contributed by atoms with Gasteiger partial charge in [-0.3, -0.25) is 0 Å². The van der Waals surface area contributed by atoms with Crippen molar-refractivity contribution in [2.45, 2.75) is 44.6 Å². The Morgan fingerprint density at radius 3 is 2.69 bits per heavy atom. The maximum atomic E-state index is 6.24. The molecule has 1 aliphatic carbocycles. The molecule has 0 radical (unpaired) electrons. The van der Waals surface area contributed by atoms with E-state index in [2.05, 4.69) is 22.0 Å². The molecular formula is C12H17BrClNS. The molecule has 1 unspecified atom stereocenters. The average Bonchev–Trinajstić information content (AvgIpc) is 2.61. The van der Waals surface area contributed by atoms with Gasteiger partial charge in [-0.1, -0.05) is 43.7 Å². The van der Waals surface area contributed by atoms with Crippen LogP contribution in [0.4, 0.5) is 0 Å². The van der Waals surface area contributed by atoms with Crippen LogP contribution >= 0.6 is 38.9 Å². The Labute approximate surface area is 114 Å². The Bertz CT molecular complexity index is 327. The van der Waals surface area contributed by atoms with E-state index in [-0.39, 0.29) is 6.04 Å². The molecule has 1 aliphatic rings. The van der Waals surface area contributed by atoms with Crippen molar-refractivity contribution in [2.24, 2.45) is 11.7 Å². The summed E-state index contributed by atoms with van der Waals surface area (Å²) in [6, 6.07) is 2.23. The molecule has 1 saturated carbocycles. The fraction of sp³-hybridized carbons (Fsp3) is 0.667. The van der Waals surface area contributed by atoms with Gasteiger partial charge in [-0.05, 0) is 34.3 Å². The summed E-state index contributed by atoms with van der Waals surface area (Å²) in [6.07, 6.45) is 7.99. The van der Waals surface area contributed by atoms with Crippen molar-refractivity contribution >= 4 is 38.9 Å². The summed E-state index contributed by atoms with van der Waals surface area (Å²) >= 11 is 11.1. The fourth-order valence-electron chi connectivity index (χ4n) is 2.44. The van der Waals surface area contributed by atoms with Crippen LogP contribution in [0, 0.1) is 5.92 Å². The van der Waals surface area contributed by atoms with Crippen molar-refractivity contribution in [3.05, 3.63) is 19.8 Å². The zero-order valence-electron chi connectivity index (χ0n) is 9.22. The summed E-state index contributed by atoms with van der Waals surface area (Å²) in [5.74, 6) is 0.823. The fourth-order valence-corrected chi connectivity index (χ4v) is 4.19. The summed E-state index contributed by atoms with van der Waals surface area (Å²) in [4.78, 5) is 1.21. The number of halogens is 2. The van der Waals surface area contributed by atoms with E-state index in [1.165, 1.54) is 37.0 Å². The third-order valence-electron chi connectivity index (χ3n) is 3.34. The highest BCUT2D eigenvalue weighted by molar-refractivity contribution is 9.10. The van der Waals surface area contributed by atoms with E-state index >= 15 is 0 Å². The zero-order valence-corrected chi connectivity index (χ0v) is 12.4. The standard InChI is InChI=1S/C12H17BrClNS/c13-9-7-11(16-12(9)14)10(15)6-8-4-2-1-3-5-8/h7-8,10H,1-6,15H2. The van der Waals surface area contributed by atoms with E-state index in [0.29, 0.717) is 0 Å². The van der Waals surface area contributed by atoms with E-state index in [4.69, 9.17) is 17.3 Å². The minimum absolute atomic E-state index is 0.164. The molecule has 1 heterocycles. The first-order chi connectivity index (χ1) is 7.66. The molecule has 0 bridgehead atoms. The summed E-state index contributed by atoms with van der Waals surface area (Å²) < 4.78 is 1.79. The zero-order chi connectivity index (χ0) is 11.5. The van der Waals surface area contributed by atoms with Crippen molar-refractivity contribution in [2.75, 3.05) is 0 Å². The summed E-state index contributed by atoms with van der Waals surface area (Å²) in [7, 11) is 0. The Hall–Kier alpha value is 0.430. The minimum atomic E-state index is 0.164. The lowest BCUT2D eigenvalue weighted by Crippen LogP contribution is -2.16. The van der Waals surface area contributed by atoms with Gasteiger partial charge in [0, 0.05) is 15.4 Å². The van der Waals surface area contributed by atoms with Crippen molar-refractivity contribution in [3.8, 4) is 0 Å². The molecule has 1 atom stereocenters. The molecule has 4 heteroatoms. The quantitative estimate of drug-likeness (QED) is 0.819. The second-order valence-corrected chi connectivity index (χ2v) is 7.16. The summed E-state index contributed by atoms with van der Waals surface area (Å²) in [5, 5.41) is 0. The predicted molar refractivity (Wildman–Crippen MR) is 75.1 cm³/mol. The summed E-state index contributed by atoms with van der Waals surface area (Å²) in [5.41, 5.74) is 6.24. The van der Waals surface area contributed by atoms with Gasteiger partial charge in [-0.15, -0.1) is 11.3 Å². The molecule has 1 aromatic rings. The van der Waals surface area contributed by atoms with E-state index in [0.717, 1.165) is 21.1 Å². The van der Waals surface area contributed by atoms with E-state index in [9.17, 15) is 0 Å². The first-order valence-electron chi connectivity index (χ1n) is 5.87. The predicted octanol–water partition coefficient (Wildman–Crippen LogP) is 5.13. The third-order valence-corrected chi connectivity index (χ3v) is 5.95. The van der Waals surface area contributed by atoms with Gasteiger partial charge in [0.2, 0.25) is 0 Å². The van der Waals surface area contributed by atoms with Gasteiger partial charge in [0.15, 0.2) is 0 Å². The maximum Gasteiger partial charge on any atom is 0.107 e. The molecule has 0 spiro atoms. The van der Waals surface area contributed by atoms with Crippen LogP contribution in [0.2, 0.25) is 4.34 Å². The van der Waals surface area contributed by atoms with Crippen molar-refractivity contribution in [3.63, 3.8) is 0 Å². The van der Waals surface area contributed by atoms with E-state index in [1.807, 2.05) is 0 Å². The maximum absolute atomic E-state index is 6.24. The molecule has 0 saturated heterocycles. The largest absolute Gasteiger partial charge is 0.323 e. The Balaban J connectivity index is 1.93. The van der Waals surface area contributed by atoms with E-state index < -0.39 is 0 Å². The second-order valence-electron chi connectivity index (χ2n) is 4.62. The number of hydrogen-bond donors (Lipinski definition) is 1. The van der Waals surface area contributed by atoms with Gasteiger partial charge < -0.3 is 5.73 Å². The van der Waals surface area contributed by atoms with Gasteiger partial charge in [0.05, 0.1) is 0 Å². The van der Waals surface area contributed by atoms with Gasteiger partial charge >= 0.3 is 0 Å². The van der Waals surface area contributed by atoms with Crippen LogP contribution in [0.25, 0.3) is 0 Å². The van der Waals surface area contributed by atoms with Crippen LogP contribution in [-0.2, 0) is 0 Å². The Morgan fingerprint density at radius 2 is 2.12 bits per heavy atom. The van der Waals surface area contributed by atoms with Gasteiger partial charge in [-0.2, -0.15) is 0 Å². The number of thiophene rings is 1. The van der Waals surface area contributed by atoms with Crippen LogP contribution in [0.5, 0.6) is 0 Å². The molecule has 0 aromatic carbocycles. The first-order valence-corrected chi connectivity index (χ1v) is 7.86. The number of hydrogen-bond acceptors (Lipinski definition) is 2. The molecule has 2 N–H and O–H groups in total. The average molecular weight is 323 g/mol. The number of rotatable bonds is 3. The lowest BCUT2D eigenvalue weighted by molar-refractivity contribution is 0.320. The van der Waals surface area contributed by atoms with Crippen molar-refractivity contribution in [1.29, 1.82) is 0 Å². The molecule has 0 aliphatic heterocycles. The van der Waals surface area contributed by atoms with E-state index in [1.54, 1.807) is 11.3 Å². The Kier molecular flexibility index (Phi) is 4.71. The highest BCUT2D eigenvalue weighted by Crippen LogP contribution is 2.38. The highest BCUT2D eigenvalue weighted by Gasteiger charge is 2.19. The number of nitrogens with two attached hydrogens (primary N) is 1. The molecule has 1 fully saturated rings. The second kappa shape index (κ2) is 5.85. The third kappa shape index (κ3) is 3.22. The SMILES string of the molecule is NC(CC1CCCCC1)c1cc(Br)c(Cl)s1. The van der Waals surface area contributed by atoms with Crippen LogP contribution < -0.4 is 5.73 Å². The summed E-state index contributed by atoms with van der Waals surface area (Å²) in [6.45, 7) is 0. The lowest BCUT2D eigenvalue weighted by atomic mass is 9.85. The van der Waals surface area contributed by atoms with Gasteiger partial charge in [0.25, 0.3) is 0 Å². The Morgan fingerprint density at radius 1 is 1.44 bits per heavy atom. The van der Waals surface area contributed by atoms with Crippen molar-refractivity contribution < 1.29 is 0 Å². The molecule has 2 rings (SSSR count). The molecule has 16 heavy (non-hydrogen) atoms. The highest BCUT2D eigenvalue weighted by atomic mass is 79.9. The van der Waals surface area contributed by atoms with Gasteiger partial charge in [-0.25, -0.2) is 0 Å². The molecule has 1 aromatic heterocycles. The van der Waals surface area contributed by atoms with Crippen LogP contribution in [0.3, 0.4) is 0 Å². The molecule has 1 nitrogen and oxygen atoms in total. The van der Waals surface area contributed by atoms with Crippen LogP contribution in [0.15, 0.2) is 10.5 Å². The topological polar surface area (TPSA) is 26.0 Å². The van der Waals surface area contributed by atoms with Crippen molar-refractivity contribution in [1.82, 2.24) is 0 Å². The first kappa shape index (κ1) is 12.9. The molecular weight excluding hydrogens is 306 g/mol. The van der Waals surface area contributed by atoms with Gasteiger partial charge in [0.1, 0.15) is 4.34 Å². The van der Waals surface area contributed by atoms with Crippen LogP contribution in [0.1, 0.15) is 49.4 Å². The normalized spacial score (nSPS) is 19.9. The molecule has 0 amide bonds. The lowest BCUT2D eigenvalue weighted by Gasteiger charge is -2.24. The minimum Gasteiger partial charge on any atom is -0.323 e.